The molecule has 0 amide bonds. The summed E-state index contributed by atoms with van der Waals surface area (Å²) in [5.41, 5.74) is 4.84. The molecule has 0 aromatic heterocycles. The maximum Gasteiger partial charge on any atom is 0.251 e. The molecule has 0 atom stereocenters. The first-order valence-corrected chi connectivity index (χ1v) is 3.67. The topological polar surface area (TPSA) is 43.6 Å². The largest absolute Gasteiger partial charge is 0.251 e. The molecule has 0 N–H and O–H groups in total. The number of hydrogen-bond acceptors (Lipinski definition) is 5. The van der Waals surface area contributed by atoms with E-state index in [1.54, 1.807) is 10.0 Å². The fourth-order valence-electron chi connectivity index (χ4n) is 1.15. The summed E-state index contributed by atoms with van der Waals surface area (Å²) in [7, 11) is 1.81. The predicted molar refractivity (Wildman–Crippen MR) is 43.8 cm³/mol. The molecular weight excluding hydrogens is 154 g/mol. The predicted octanol–water partition coefficient (Wildman–Crippen LogP) is 1.29. The molecule has 0 aromatic rings. The van der Waals surface area contributed by atoms with Gasteiger partial charge >= 0.3 is 0 Å². The van der Waals surface area contributed by atoms with Crippen LogP contribution in [0.2, 0.25) is 0 Å². The van der Waals surface area contributed by atoms with Crippen LogP contribution in [0.5, 0.6) is 0 Å². The Kier molecular flexibility index (Phi) is 1.29. The molecule has 2 aliphatic rings. The minimum Gasteiger partial charge on any atom is -0.214 e. The Morgan fingerprint density at radius 2 is 2.00 bits per heavy atom. The molecule has 62 valence electrons. The van der Waals surface area contributed by atoms with Gasteiger partial charge in [-0.15, -0.1) is 0 Å². The highest BCUT2D eigenvalue weighted by atomic mass is 15.8. The number of aliphatic imine (C=N–C) groups is 1. The van der Waals surface area contributed by atoms with Crippen molar-refractivity contribution in [2.75, 3.05) is 7.05 Å². The third-order valence-electron chi connectivity index (χ3n) is 1.69. The average molecular weight is 163 g/mol. The van der Waals surface area contributed by atoms with Crippen molar-refractivity contribution in [2.45, 2.75) is 13.8 Å². The second kappa shape index (κ2) is 2.19. The number of guanidine groups is 1. The van der Waals surface area contributed by atoms with Crippen LogP contribution in [0.15, 0.2) is 32.6 Å². The zero-order chi connectivity index (χ0) is 8.72. The Morgan fingerprint density at radius 3 is 2.75 bits per heavy atom. The second-order valence-electron chi connectivity index (χ2n) is 2.72. The highest BCUT2D eigenvalue weighted by Gasteiger charge is 2.25. The second-order valence-corrected chi connectivity index (χ2v) is 2.72. The van der Waals surface area contributed by atoms with Crippen molar-refractivity contribution in [3.8, 4) is 0 Å². The number of rotatable bonds is 0. The molecule has 0 unspecified atom stereocenters. The van der Waals surface area contributed by atoms with E-state index in [4.69, 9.17) is 0 Å². The van der Waals surface area contributed by atoms with Crippen molar-refractivity contribution in [3.63, 3.8) is 0 Å². The summed E-state index contributed by atoms with van der Waals surface area (Å²) in [6.45, 7) is 3.83. The maximum absolute atomic E-state index is 4.24. The van der Waals surface area contributed by atoms with Crippen LogP contribution in [0.4, 0.5) is 0 Å². The number of fused-ring (bicyclic) bond motifs is 1. The molecule has 2 aliphatic heterocycles. The molecule has 0 spiro atoms. The summed E-state index contributed by atoms with van der Waals surface area (Å²) in [5, 5.41) is 11.0. The monoisotopic (exact) mass is 163 g/mol. The minimum atomic E-state index is 0.740. The van der Waals surface area contributed by atoms with Gasteiger partial charge in [-0.3, -0.25) is 0 Å². The maximum atomic E-state index is 4.24. The lowest BCUT2D eigenvalue weighted by Crippen LogP contribution is -2.30. The molecule has 5 nitrogen and oxygen atoms in total. The van der Waals surface area contributed by atoms with E-state index in [0.717, 1.165) is 17.4 Å². The van der Waals surface area contributed by atoms with E-state index in [-0.39, 0.29) is 0 Å². The molecule has 0 radical (unpaired) electrons. The summed E-state index contributed by atoms with van der Waals surface area (Å²) < 4.78 is 0. The van der Waals surface area contributed by atoms with Gasteiger partial charge in [0, 0.05) is 7.05 Å². The van der Waals surface area contributed by atoms with Crippen molar-refractivity contribution in [2.24, 2.45) is 15.4 Å². The molecule has 0 aliphatic carbocycles. The van der Waals surface area contributed by atoms with E-state index in [1.165, 1.54) is 0 Å². The normalized spacial score (nSPS) is 20.4. The Balaban J connectivity index is 2.49. The van der Waals surface area contributed by atoms with Gasteiger partial charge in [0.15, 0.2) is 0 Å². The molecule has 0 saturated heterocycles. The van der Waals surface area contributed by atoms with E-state index in [1.807, 2.05) is 20.9 Å². The third-order valence-corrected chi connectivity index (χ3v) is 1.69. The molecule has 5 heteroatoms. The van der Waals surface area contributed by atoms with Crippen LogP contribution in [0, 0.1) is 0 Å². The highest BCUT2D eigenvalue weighted by Crippen LogP contribution is 2.19. The number of allylic oxidation sites excluding steroid dienone is 1. The van der Waals surface area contributed by atoms with Gasteiger partial charge in [0.1, 0.15) is 0 Å². The van der Waals surface area contributed by atoms with Crippen LogP contribution in [-0.4, -0.2) is 23.0 Å². The van der Waals surface area contributed by atoms with Gasteiger partial charge in [-0.2, -0.15) is 5.01 Å². The first-order chi connectivity index (χ1) is 5.68. The van der Waals surface area contributed by atoms with E-state index in [9.17, 15) is 0 Å². The Bertz CT molecular complexity index is 345. The van der Waals surface area contributed by atoms with Gasteiger partial charge in [0.05, 0.1) is 11.4 Å². The lowest BCUT2D eigenvalue weighted by Gasteiger charge is -2.17. The highest BCUT2D eigenvalue weighted by molar-refractivity contribution is 5.83. The van der Waals surface area contributed by atoms with Crippen molar-refractivity contribution < 1.29 is 0 Å². The fourth-order valence-corrected chi connectivity index (χ4v) is 1.15. The lowest BCUT2D eigenvalue weighted by molar-refractivity contribution is 0.525. The van der Waals surface area contributed by atoms with Crippen molar-refractivity contribution >= 4 is 5.96 Å². The molecule has 0 bridgehead atoms. The number of hydrogen-bond donors (Lipinski definition) is 0. The summed E-state index contributed by atoms with van der Waals surface area (Å²) in [5.74, 6) is 0.740. The molecule has 2 heterocycles. The molecule has 0 fully saturated rings. The summed E-state index contributed by atoms with van der Waals surface area (Å²) in [6, 6.07) is 0. The van der Waals surface area contributed by atoms with Crippen LogP contribution in [0.3, 0.4) is 0 Å². The number of nitrogens with zero attached hydrogens (tertiary/aromatic N) is 5. The van der Waals surface area contributed by atoms with Crippen LogP contribution in [0.1, 0.15) is 13.8 Å². The first-order valence-electron chi connectivity index (χ1n) is 3.67. The summed E-state index contributed by atoms with van der Waals surface area (Å²) in [4.78, 5) is 4.24. The Labute approximate surface area is 70.3 Å². The van der Waals surface area contributed by atoms with Crippen LogP contribution < -0.4 is 0 Å². The van der Waals surface area contributed by atoms with Gasteiger partial charge in [-0.25, -0.2) is 10.0 Å². The zero-order valence-corrected chi connectivity index (χ0v) is 7.24. The molecule has 2 rings (SSSR count). The van der Waals surface area contributed by atoms with Gasteiger partial charge in [0.25, 0.3) is 5.96 Å². The molecule has 0 saturated carbocycles. The third kappa shape index (κ3) is 0.838. The van der Waals surface area contributed by atoms with Crippen LogP contribution in [-0.2, 0) is 0 Å². The van der Waals surface area contributed by atoms with Gasteiger partial charge in [0.2, 0.25) is 0 Å². The quantitative estimate of drug-likeness (QED) is 0.505. The van der Waals surface area contributed by atoms with E-state index < -0.39 is 0 Å². The average Bonchev–Trinajstić information content (AvgIpc) is 2.33. The lowest BCUT2D eigenvalue weighted by atomic mass is 10.4. The van der Waals surface area contributed by atoms with E-state index in [0.29, 0.717) is 0 Å². The SMILES string of the molecule is CC1=C=C(C)N2N=NN(C)C2=N1. The zero-order valence-electron chi connectivity index (χ0n) is 7.24. The smallest absolute Gasteiger partial charge is 0.214 e. The van der Waals surface area contributed by atoms with Gasteiger partial charge < -0.3 is 0 Å². The van der Waals surface area contributed by atoms with E-state index in [2.05, 4.69) is 21.2 Å². The summed E-state index contributed by atoms with van der Waals surface area (Å²) >= 11 is 0. The van der Waals surface area contributed by atoms with Crippen molar-refractivity contribution in [1.29, 1.82) is 0 Å². The minimum absolute atomic E-state index is 0.740. The van der Waals surface area contributed by atoms with Crippen LogP contribution in [0.25, 0.3) is 0 Å². The molecule has 12 heavy (non-hydrogen) atoms. The van der Waals surface area contributed by atoms with Crippen molar-refractivity contribution in [3.05, 3.63) is 17.1 Å². The standard InChI is InChI=1S/C7H9N5/c1-5-4-6(2)12-7(8-5)11(3)9-10-12/h1-3H3. The first kappa shape index (κ1) is 7.06. The van der Waals surface area contributed by atoms with Gasteiger partial charge in [-0.1, -0.05) is 5.73 Å². The Hall–Kier alpha value is -1.61. The summed E-state index contributed by atoms with van der Waals surface area (Å²) in [6.07, 6.45) is 0. The fraction of sp³-hybridized carbons (Fsp3) is 0.429. The molecule has 0 aromatic carbocycles. The van der Waals surface area contributed by atoms with Gasteiger partial charge in [-0.05, 0) is 24.3 Å². The van der Waals surface area contributed by atoms with Crippen LogP contribution >= 0.6 is 0 Å². The molecular formula is C7H9N5. The van der Waals surface area contributed by atoms with E-state index >= 15 is 0 Å². The van der Waals surface area contributed by atoms with Crippen molar-refractivity contribution in [1.82, 2.24) is 10.0 Å². The Morgan fingerprint density at radius 1 is 1.25 bits per heavy atom.